The number of anilines is 1. The van der Waals surface area contributed by atoms with E-state index in [9.17, 15) is 9.59 Å². The Morgan fingerprint density at radius 1 is 1.04 bits per heavy atom. The lowest BCUT2D eigenvalue weighted by Crippen LogP contribution is -2.37. The molecule has 132 valence electrons. The van der Waals surface area contributed by atoms with Crippen LogP contribution in [0.2, 0.25) is 0 Å². The van der Waals surface area contributed by atoms with Gasteiger partial charge in [0.15, 0.2) is 0 Å². The van der Waals surface area contributed by atoms with Crippen LogP contribution in [0.15, 0.2) is 54.6 Å². The maximum atomic E-state index is 12.2. The summed E-state index contributed by atoms with van der Waals surface area (Å²) < 4.78 is 5.13. The van der Waals surface area contributed by atoms with Crippen molar-refractivity contribution in [3.8, 4) is 0 Å². The van der Waals surface area contributed by atoms with Gasteiger partial charge in [-0.25, -0.2) is 4.79 Å². The van der Waals surface area contributed by atoms with Crippen molar-refractivity contribution in [2.45, 2.75) is 20.3 Å². The molecule has 0 bridgehead atoms. The SMILES string of the molecule is CCOC(=O)C(CNC(=O)Nc1ccc(C)cc1)Cc1ccccc1. The van der Waals surface area contributed by atoms with Crippen molar-refractivity contribution < 1.29 is 14.3 Å². The maximum absolute atomic E-state index is 12.2. The van der Waals surface area contributed by atoms with Gasteiger partial charge in [-0.15, -0.1) is 0 Å². The first kappa shape index (κ1) is 18.5. The van der Waals surface area contributed by atoms with Crippen LogP contribution in [0.25, 0.3) is 0 Å². The number of amides is 2. The number of ether oxygens (including phenoxy) is 1. The third kappa shape index (κ3) is 6.30. The van der Waals surface area contributed by atoms with Crippen LogP contribution in [-0.4, -0.2) is 25.2 Å². The van der Waals surface area contributed by atoms with E-state index in [2.05, 4.69) is 10.6 Å². The number of carbonyl (C=O) groups excluding carboxylic acids is 2. The number of rotatable bonds is 7. The highest BCUT2D eigenvalue weighted by Crippen LogP contribution is 2.11. The van der Waals surface area contributed by atoms with Gasteiger partial charge in [-0.1, -0.05) is 48.0 Å². The highest BCUT2D eigenvalue weighted by molar-refractivity contribution is 5.89. The Bertz CT molecular complexity index is 684. The number of nitrogens with one attached hydrogen (secondary N) is 2. The Morgan fingerprint density at radius 3 is 2.36 bits per heavy atom. The minimum Gasteiger partial charge on any atom is -0.466 e. The van der Waals surface area contributed by atoms with E-state index in [-0.39, 0.29) is 18.5 Å². The highest BCUT2D eigenvalue weighted by atomic mass is 16.5. The predicted molar refractivity (Wildman–Crippen MR) is 98.5 cm³/mol. The summed E-state index contributed by atoms with van der Waals surface area (Å²) in [6.07, 6.45) is 0.518. The molecule has 2 N–H and O–H groups in total. The third-order valence-corrected chi connectivity index (χ3v) is 3.76. The van der Waals surface area contributed by atoms with Gasteiger partial charge in [0, 0.05) is 12.2 Å². The first-order valence-electron chi connectivity index (χ1n) is 8.40. The van der Waals surface area contributed by atoms with E-state index >= 15 is 0 Å². The van der Waals surface area contributed by atoms with E-state index in [1.54, 1.807) is 6.92 Å². The second-order valence-corrected chi connectivity index (χ2v) is 5.84. The van der Waals surface area contributed by atoms with Crippen LogP contribution in [0.1, 0.15) is 18.1 Å². The molecule has 1 atom stereocenters. The molecule has 0 aromatic heterocycles. The van der Waals surface area contributed by atoms with Crippen LogP contribution in [0, 0.1) is 12.8 Å². The van der Waals surface area contributed by atoms with E-state index in [1.807, 2.05) is 61.5 Å². The number of esters is 1. The Balaban J connectivity index is 1.92. The van der Waals surface area contributed by atoms with Crippen molar-refractivity contribution >= 4 is 17.7 Å². The number of hydrogen-bond donors (Lipinski definition) is 2. The molecule has 2 aromatic rings. The van der Waals surface area contributed by atoms with Crippen molar-refractivity contribution in [1.82, 2.24) is 5.32 Å². The van der Waals surface area contributed by atoms with Gasteiger partial charge in [0.2, 0.25) is 0 Å². The summed E-state index contributed by atoms with van der Waals surface area (Å²) in [5.41, 5.74) is 2.86. The van der Waals surface area contributed by atoms with Crippen molar-refractivity contribution in [2.24, 2.45) is 5.92 Å². The van der Waals surface area contributed by atoms with E-state index < -0.39 is 5.92 Å². The maximum Gasteiger partial charge on any atom is 0.319 e. The first-order valence-corrected chi connectivity index (χ1v) is 8.40. The van der Waals surface area contributed by atoms with E-state index in [0.29, 0.717) is 18.7 Å². The van der Waals surface area contributed by atoms with E-state index in [0.717, 1.165) is 11.1 Å². The van der Waals surface area contributed by atoms with E-state index in [4.69, 9.17) is 4.74 Å². The lowest BCUT2D eigenvalue weighted by atomic mass is 9.99. The molecular weight excluding hydrogens is 316 g/mol. The Hall–Kier alpha value is -2.82. The zero-order chi connectivity index (χ0) is 18.1. The molecule has 2 amide bonds. The average molecular weight is 340 g/mol. The minimum atomic E-state index is -0.425. The summed E-state index contributed by atoms with van der Waals surface area (Å²) in [5, 5.41) is 5.51. The number of carbonyl (C=O) groups is 2. The summed E-state index contributed by atoms with van der Waals surface area (Å²) in [5.74, 6) is -0.729. The second kappa shape index (κ2) is 9.47. The summed E-state index contributed by atoms with van der Waals surface area (Å²) in [7, 11) is 0. The van der Waals surface area contributed by atoms with Crippen LogP contribution >= 0.6 is 0 Å². The summed E-state index contributed by atoms with van der Waals surface area (Å²) in [4.78, 5) is 24.2. The summed E-state index contributed by atoms with van der Waals surface area (Å²) in [6, 6.07) is 16.9. The Labute approximate surface area is 148 Å². The molecule has 0 fully saturated rings. The largest absolute Gasteiger partial charge is 0.466 e. The molecule has 0 saturated carbocycles. The van der Waals surface area contributed by atoms with Gasteiger partial charge in [-0.2, -0.15) is 0 Å². The molecule has 1 unspecified atom stereocenters. The molecular formula is C20H24N2O3. The van der Waals surface area contributed by atoms with E-state index in [1.165, 1.54) is 0 Å². The molecule has 0 spiro atoms. The smallest absolute Gasteiger partial charge is 0.319 e. The molecule has 0 aliphatic heterocycles. The average Bonchev–Trinajstić information content (AvgIpc) is 2.61. The molecule has 0 heterocycles. The normalized spacial score (nSPS) is 11.4. The van der Waals surface area contributed by atoms with Gasteiger partial charge < -0.3 is 15.4 Å². The van der Waals surface area contributed by atoms with Crippen molar-refractivity contribution in [1.29, 1.82) is 0 Å². The van der Waals surface area contributed by atoms with Gasteiger partial charge in [-0.3, -0.25) is 4.79 Å². The quantitative estimate of drug-likeness (QED) is 0.758. The zero-order valence-electron chi connectivity index (χ0n) is 14.6. The fraction of sp³-hybridized carbons (Fsp3) is 0.300. The van der Waals surface area contributed by atoms with Gasteiger partial charge >= 0.3 is 12.0 Å². The van der Waals surface area contributed by atoms with Gasteiger partial charge in [0.1, 0.15) is 0 Å². The minimum absolute atomic E-state index is 0.214. The molecule has 5 heteroatoms. The highest BCUT2D eigenvalue weighted by Gasteiger charge is 2.21. The fourth-order valence-electron chi connectivity index (χ4n) is 2.43. The monoisotopic (exact) mass is 340 g/mol. The number of aryl methyl sites for hydroxylation is 1. The molecule has 0 saturated heterocycles. The Kier molecular flexibility index (Phi) is 7.01. The first-order chi connectivity index (χ1) is 12.1. The van der Waals surface area contributed by atoms with Crippen LogP contribution in [0.3, 0.4) is 0 Å². The fourth-order valence-corrected chi connectivity index (χ4v) is 2.43. The van der Waals surface area contributed by atoms with Gasteiger partial charge in [0.25, 0.3) is 0 Å². The molecule has 2 aromatic carbocycles. The number of urea groups is 1. The second-order valence-electron chi connectivity index (χ2n) is 5.84. The third-order valence-electron chi connectivity index (χ3n) is 3.76. The lowest BCUT2D eigenvalue weighted by Gasteiger charge is -2.17. The van der Waals surface area contributed by atoms with Crippen molar-refractivity contribution in [3.63, 3.8) is 0 Å². The van der Waals surface area contributed by atoms with Crippen LogP contribution in [0.5, 0.6) is 0 Å². The van der Waals surface area contributed by atoms with Crippen molar-refractivity contribution in [2.75, 3.05) is 18.5 Å². The molecule has 0 aliphatic rings. The van der Waals surface area contributed by atoms with Gasteiger partial charge in [-0.05, 0) is 38.0 Å². The molecule has 5 nitrogen and oxygen atoms in total. The van der Waals surface area contributed by atoms with Gasteiger partial charge in [0.05, 0.1) is 12.5 Å². The predicted octanol–water partition coefficient (Wildman–Crippen LogP) is 3.54. The molecule has 0 aliphatic carbocycles. The summed E-state index contributed by atoms with van der Waals surface area (Å²) >= 11 is 0. The van der Waals surface area contributed by atoms with Crippen LogP contribution < -0.4 is 10.6 Å². The Morgan fingerprint density at radius 2 is 1.72 bits per heavy atom. The number of hydrogen-bond acceptors (Lipinski definition) is 3. The lowest BCUT2D eigenvalue weighted by molar-refractivity contribution is -0.147. The molecule has 0 radical (unpaired) electrons. The van der Waals surface area contributed by atoms with Crippen LogP contribution in [0.4, 0.5) is 10.5 Å². The number of benzene rings is 2. The van der Waals surface area contributed by atoms with Crippen LogP contribution in [-0.2, 0) is 16.0 Å². The molecule has 25 heavy (non-hydrogen) atoms. The topological polar surface area (TPSA) is 67.4 Å². The standard InChI is InChI=1S/C20H24N2O3/c1-3-25-19(23)17(13-16-7-5-4-6-8-16)14-21-20(24)22-18-11-9-15(2)10-12-18/h4-12,17H,3,13-14H2,1-2H3,(H2,21,22,24). The summed E-state index contributed by atoms with van der Waals surface area (Å²) in [6.45, 7) is 4.29. The molecule has 2 rings (SSSR count). The van der Waals surface area contributed by atoms with Crippen molar-refractivity contribution in [3.05, 3.63) is 65.7 Å². The zero-order valence-corrected chi connectivity index (χ0v) is 14.6.